The van der Waals surface area contributed by atoms with E-state index in [9.17, 15) is 9.59 Å². The van der Waals surface area contributed by atoms with Crippen molar-refractivity contribution < 1.29 is 19.0 Å². The normalized spacial score (nSPS) is 14.5. The SMILES string of the molecule is NC1=[N+](NC(=O)CCCCC(=O)N[N+]2=C(N)c3ccccc3C2)Cc2ccccc21. The lowest BCUT2D eigenvalue weighted by molar-refractivity contribution is -0.586. The smallest absolute Gasteiger partial charge is 0.285 e. The summed E-state index contributed by atoms with van der Waals surface area (Å²) in [7, 11) is 0. The van der Waals surface area contributed by atoms with Crippen LogP contribution < -0.4 is 22.3 Å². The third-order valence-corrected chi connectivity index (χ3v) is 5.40. The van der Waals surface area contributed by atoms with Crippen molar-refractivity contribution in [3.05, 3.63) is 70.8 Å². The van der Waals surface area contributed by atoms with Crippen molar-refractivity contribution in [3.63, 3.8) is 0 Å². The highest BCUT2D eigenvalue weighted by molar-refractivity contribution is 5.97. The molecule has 8 heteroatoms. The molecule has 2 aliphatic rings. The van der Waals surface area contributed by atoms with Crippen LogP contribution in [0.3, 0.4) is 0 Å². The van der Waals surface area contributed by atoms with Gasteiger partial charge in [-0.1, -0.05) is 36.4 Å². The molecule has 0 fully saturated rings. The Bertz CT molecular complexity index is 987. The summed E-state index contributed by atoms with van der Waals surface area (Å²) in [6, 6.07) is 15.6. The first kappa shape index (κ1) is 19.6. The molecule has 2 heterocycles. The number of hydrogen-bond acceptors (Lipinski definition) is 4. The largest absolute Gasteiger partial charge is 0.299 e. The van der Waals surface area contributed by atoms with Crippen molar-refractivity contribution in [1.29, 1.82) is 0 Å². The van der Waals surface area contributed by atoms with Gasteiger partial charge >= 0.3 is 0 Å². The van der Waals surface area contributed by atoms with Gasteiger partial charge in [-0.3, -0.25) is 21.1 Å². The molecule has 0 radical (unpaired) electrons. The molecule has 154 valence electrons. The van der Waals surface area contributed by atoms with Crippen molar-refractivity contribution in [2.45, 2.75) is 38.8 Å². The molecule has 0 saturated carbocycles. The van der Waals surface area contributed by atoms with Crippen LogP contribution in [0.5, 0.6) is 0 Å². The zero-order valence-electron chi connectivity index (χ0n) is 16.7. The molecule has 2 aliphatic heterocycles. The fraction of sp³-hybridized carbons (Fsp3) is 0.273. The number of amidine groups is 2. The van der Waals surface area contributed by atoms with Gasteiger partial charge < -0.3 is 0 Å². The molecule has 0 saturated heterocycles. The van der Waals surface area contributed by atoms with E-state index in [-0.39, 0.29) is 11.8 Å². The Morgan fingerprint density at radius 1 is 0.733 bits per heavy atom. The lowest BCUT2D eigenvalue weighted by atomic mass is 10.1. The van der Waals surface area contributed by atoms with E-state index < -0.39 is 0 Å². The number of hydrogen-bond donors (Lipinski definition) is 4. The first-order valence-corrected chi connectivity index (χ1v) is 10.1. The van der Waals surface area contributed by atoms with Crippen LogP contribution in [0.2, 0.25) is 0 Å². The van der Waals surface area contributed by atoms with Crippen LogP contribution in [0.4, 0.5) is 0 Å². The van der Waals surface area contributed by atoms with Gasteiger partial charge in [0.2, 0.25) is 0 Å². The number of amides is 2. The minimum absolute atomic E-state index is 0.112. The minimum atomic E-state index is -0.112. The van der Waals surface area contributed by atoms with Crippen LogP contribution >= 0.6 is 0 Å². The van der Waals surface area contributed by atoms with E-state index in [1.807, 2.05) is 48.5 Å². The van der Waals surface area contributed by atoms with Crippen LogP contribution in [0.25, 0.3) is 0 Å². The maximum atomic E-state index is 12.2. The minimum Gasteiger partial charge on any atom is -0.285 e. The fourth-order valence-corrected chi connectivity index (χ4v) is 3.80. The molecule has 8 nitrogen and oxygen atoms in total. The second-order valence-electron chi connectivity index (χ2n) is 7.53. The lowest BCUT2D eigenvalue weighted by Crippen LogP contribution is -2.39. The molecule has 0 bridgehead atoms. The van der Waals surface area contributed by atoms with E-state index in [2.05, 4.69) is 10.9 Å². The van der Waals surface area contributed by atoms with Gasteiger partial charge in [-0.15, -0.1) is 0 Å². The second-order valence-corrected chi connectivity index (χ2v) is 7.53. The van der Waals surface area contributed by atoms with Crippen molar-refractivity contribution in [2.75, 3.05) is 0 Å². The Labute approximate surface area is 174 Å². The number of fused-ring (bicyclic) bond motifs is 2. The summed E-state index contributed by atoms with van der Waals surface area (Å²) in [5.74, 6) is 0.884. The van der Waals surface area contributed by atoms with Gasteiger partial charge in [-0.2, -0.15) is 20.2 Å². The number of hydrazone groups is 2. The molecule has 4 rings (SSSR count). The quantitative estimate of drug-likeness (QED) is 0.395. The molecular weight excluding hydrogens is 380 g/mol. The number of hydrazine groups is 2. The maximum absolute atomic E-state index is 12.2. The van der Waals surface area contributed by atoms with E-state index in [1.165, 1.54) is 0 Å². The zero-order chi connectivity index (χ0) is 21.1. The monoisotopic (exact) mass is 406 g/mol. The topological polar surface area (TPSA) is 116 Å². The molecule has 2 aromatic rings. The van der Waals surface area contributed by atoms with Crippen LogP contribution in [-0.4, -0.2) is 32.9 Å². The van der Waals surface area contributed by atoms with Gasteiger partial charge in [0.25, 0.3) is 23.5 Å². The second kappa shape index (κ2) is 8.36. The summed E-state index contributed by atoms with van der Waals surface area (Å²) in [5.41, 5.74) is 22.0. The van der Waals surface area contributed by atoms with E-state index in [0.29, 0.717) is 50.4 Å². The molecule has 0 unspecified atom stereocenters. The average molecular weight is 406 g/mol. The van der Waals surface area contributed by atoms with Crippen molar-refractivity contribution in [2.24, 2.45) is 11.5 Å². The number of benzene rings is 2. The van der Waals surface area contributed by atoms with E-state index in [0.717, 1.165) is 22.3 Å². The van der Waals surface area contributed by atoms with Gasteiger partial charge in [0.05, 0.1) is 11.1 Å². The van der Waals surface area contributed by atoms with Gasteiger partial charge in [0.1, 0.15) is 13.1 Å². The highest BCUT2D eigenvalue weighted by Crippen LogP contribution is 2.16. The first-order valence-electron chi connectivity index (χ1n) is 10.1. The Morgan fingerprint density at radius 2 is 1.13 bits per heavy atom. The van der Waals surface area contributed by atoms with E-state index in [1.54, 1.807) is 9.37 Å². The molecule has 0 spiro atoms. The Kier molecular flexibility index (Phi) is 5.47. The molecule has 0 aromatic heterocycles. The Balaban J connectivity index is 1.19. The number of rotatable bonds is 7. The van der Waals surface area contributed by atoms with Crippen LogP contribution in [0.15, 0.2) is 48.5 Å². The van der Waals surface area contributed by atoms with Crippen molar-refractivity contribution >= 4 is 23.5 Å². The molecule has 0 atom stereocenters. The molecule has 2 aromatic carbocycles. The Morgan fingerprint density at radius 3 is 1.53 bits per heavy atom. The van der Waals surface area contributed by atoms with Crippen LogP contribution in [-0.2, 0) is 22.7 Å². The predicted octanol–water partition coefficient (Wildman–Crippen LogP) is 0.472. The number of nitrogens with one attached hydrogen (secondary N) is 2. The summed E-state index contributed by atoms with van der Waals surface area (Å²) in [4.78, 5) is 24.5. The summed E-state index contributed by atoms with van der Waals surface area (Å²) >= 11 is 0. The molecular formula is C22H26N6O2+2. The third kappa shape index (κ3) is 4.03. The molecule has 30 heavy (non-hydrogen) atoms. The van der Waals surface area contributed by atoms with E-state index >= 15 is 0 Å². The number of carbonyl (C=O) groups is 2. The average Bonchev–Trinajstić information content (AvgIpc) is 3.23. The lowest BCUT2D eigenvalue weighted by Gasteiger charge is -2.06. The zero-order valence-corrected chi connectivity index (χ0v) is 16.7. The molecule has 2 amide bonds. The van der Waals surface area contributed by atoms with Gasteiger partial charge in [-0.05, 0) is 25.0 Å². The Hall–Kier alpha value is -3.68. The van der Waals surface area contributed by atoms with Crippen LogP contribution in [0, 0.1) is 0 Å². The van der Waals surface area contributed by atoms with Crippen molar-refractivity contribution in [3.8, 4) is 0 Å². The summed E-state index contributed by atoms with van der Waals surface area (Å²) in [6.45, 7) is 1.12. The standard InChI is InChI=1S/C22H24N6O2/c23-21-17-9-3-1-7-15(17)13-27(21)25-19(29)11-5-6-12-20(30)26-28-14-16-8-2-4-10-18(16)22(28)24/h1-4,7-10,23-24H,5-6,11-14H2,(H2,25,26,29,30)/p+2. The van der Waals surface area contributed by atoms with Crippen molar-refractivity contribution in [1.82, 2.24) is 10.9 Å². The van der Waals surface area contributed by atoms with Gasteiger partial charge in [0.15, 0.2) is 0 Å². The summed E-state index contributed by atoms with van der Waals surface area (Å²) in [5, 5.41) is 0. The predicted molar refractivity (Wildman–Crippen MR) is 112 cm³/mol. The number of unbranched alkanes of at least 4 members (excludes halogenated alkanes) is 1. The third-order valence-electron chi connectivity index (χ3n) is 5.40. The van der Waals surface area contributed by atoms with E-state index in [4.69, 9.17) is 11.5 Å². The molecule has 6 N–H and O–H groups in total. The number of carbonyl (C=O) groups excluding carboxylic acids is 2. The maximum Gasteiger partial charge on any atom is 0.299 e. The van der Waals surface area contributed by atoms with Gasteiger partial charge in [-0.25, -0.2) is 0 Å². The van der Waals surface area contributed by atoms with Crippen LogP contribution in [0.1, 0.15) is 47.9 Å². The summed E-state index contributed by atoms with van der Waals surface area (Å²) < 4.78 is 3.34. The first-order chi connectivity index (χ1) is 14.5. The highest BCUT2D eigenvalue weighted by atomic mass is 16.2. The molecule has 0 aliphatic carbocycles. The van der Waals surface area contributed by atoms with Gasteiger partial charge in [0, 0.05) is 24.0 Å². The number of nitrogens with two attached hydrogens (primary N) is 2. The highest BCUT2D eigenvalue weighted by Gasteiger charge is 2.26. The fourth-order valence-electron chi connectivity index (χ4n) is 3.80. The summed E-state index contributed by atoms with van der Waals surface area (Å²) in [6.07, 6.45) is 1.88. The number of nitrogens with zero attached hydrogens (tertiary/aromatic N) is 2.